The lowest BCUT2D eigenvalue weighted by Crippen LogP contribution is -1.78. The monoisotopic (exact) mass is 219 g/mol. The fourth-order valence-electron chi connectivity index (χ4n) is 1.30. The van der Waals surface area contributed by atoms with E-state index in [2.05, 4.69) is 23.7 Å². The molecule has 0 saturated heterocycles. The fourth-order valence-corrected chi connectivity index (χ4v) is 2.38. The van der Waals surface area contributed by atoms with Crippen LogP contribution in [0.1, 0.15) is 4.88 Å². The van der Waals surface area contributed by atoms with Crippen LogP contribution in [0.5, 0.6) is 0 Å². The number of aromatic amines is 1. The molecule has 2 aromatic rings. The van der Waals surface area contributed by atoms with Crippen molar-refractivity contribution in [2.24, 2.45) is 0 Å². The maximum Gasteiger partial charge on any atom is 0.159 e. The van der Waals surface area contributed by atoms with Crippen molar-refractivity contribution < 1.29 is 0 Å². The Kier molecular flexibility index (Phi) is 2.61. The molecule has 70 valence electrons. The predicted octanol–water partition coefficient (Wildman–Crippen LogP) is 4.12. The van der Waals surface area contributed by atoms with Crippen LogP contribution in [0.3, 0.4) is 0 Å². The quantitative estimate of drug-likeness (QED) is 0.751. The van der Waals surface area contributed by atoms with Gasteiger partial charge in [-0.2, -0.15) is 0 Å². The normalized spacial score (nSPS) is 10.0. The van der Waals surface area contributed by atoms with E-state index in [-0.39, 0.29) is 0 Å². The van der Waals surface area contributed by atoms with Gasteiger partial charge in [-0.1, -0.05) is 36.9 Å². The van der Waals surface area contributed by atoms with Crippen LogP contribution in [-0.4, -0.2) is 4.98 Å². The zero-order valence-corrected chi connectivity index (χ0v) is 9.12. The molecular formula is C11H9NS2. The Morgan fingerprint density at radius 1 is 1.29 bits per heavy atom. The Bertz CT molecular complexity index is 494. The number of hydrogen-bond donors (Lipinski definition) is 1. The van der Waals surface area contributed by atoms with Crippen molar-refractivity contribution in [3.63, 3.8) is 0 Å². The average molecular weight is 219 g/mol. The van der Waals surface area contributed by atoms with Gasteiger partial charge in [0.1, 0.15) is 0 Å². The van der Waals surface area contributed by atoms with Crippen molar-refractivity contribution in [1.29, 1.82) is 0 Å². The molecule has 0 aliphatic carbocycles. The Morgan fingerprint density at radius 2 is 2.00 bits per heavy atom. The molecule has 1 aromatic carbocycles. The zero-order valence-electron chi connectivity index (χ0n) is 7.49. The van der Waals surface area contributed by atoms with E-state index in [0.717, 1.165) is 20.1 Å². The average Bonchev–Trinajstić information content (AvgIpc) is 2.61. The van der Waals surface area contributed by atoms with Crippen molar-refractivity contribution in [1.82, 2.24) is 4.98 Å². The van der Waals surface area contributed by atoms with Gasteiger partial charge in [-0.3, -0.25) is 0 Å². The van der Waals surface area contributed by atoms with Gasteiger partial charge >= 0.3 is 0 Å². The van der Waals surface area contributed by atoms with Gasteiger partial charge in [0.05, 0.1) is 10.6 Å². The summed E-state index contributed by atoms with van der Waals surface area (Å²) in [5.41, 5.74) is 2.21. The second-order valence-electron chi connectivity index (χ2n) is 2.82. The molecule has 2 rings (SSSR count). The third-order valence-corrected chi connectivity index (χ3v) is 3.15. The molecule has 0 aliphatic heterocycles. The highest BCUT2D eigenvalue weighted by atomic mass is 32.1. The largest absolute Gasteiger partial charge is 0.336 e. The van der Waals surface area contributed by atoms with E-state index in [0.29, 0.717) is 0 Å². The summed E-state index contributed by atoms with van der Waals surface area (Å²) in [6.07, 6.45) is 1.83. The number of thiazole rings is 1. The Morgan fingerprint density at radius 3 is 2.64 bits per heavy atom. The minimum Gasteiger partial charge on any atom is -0.336 e. The Hall–Kier alpha value is -1.19. The van der Waals surface area contributed by atoms with Crippen LogP contribution in [0.4, 0.5) is 0 Å². The Balaban J connectivity index is 2.62. The summed E-state index contributed by atoms with van der Waals surface area (Å²) in [6.45, 7) is 3.77. The van der Waals surface area contributed by atoms with E-state index >= 15 is 0 Å². The zero-order chi connectivity index (χ0) is 9.97. The van der Waals surface area contributed by atoms with Crippen molar-refractivity contribution in [2.45, 2.75) is 0 Å². The van der Waals surface area contributed by atoms with E-state index < -0.39 is 0 Å². The smallest absolute Gasteiger partial charge is 0.159 e. The van der Waals surface area contributed by atoms with E-state index in [4.69, 9.17) is 12.2 Å². The van der Waals surface area contributed by atoms with Crippen molar-refractivity contribution in [2.75, 3.05) is 0 Å². The van der Waals surface area contributed by atoms with Crippen molar-refractivity contribution >= 4 is 29.6 Å². The van der Waals surface area contributed by atoms with E-state index in [1.807, 2.05) is 24.3 Å². The molecule has 0 spiro atoms. The molecule has 0 unspecified atom stereocenters. The molecule has 0 radical (unpaired) electrons. The summed E-state index contributed by atoms with van der Waals surface area (Å²) in [4.78, 5) is 4.27. The fraction of sp³-hybridized carbons (Fsp3) is 0. The lowest BCUT2D eigenvalue weighted by Gasteiger charge is -1.97. The summed E-state index contributed by atoms with van der Waals surface area (Å²) in [5.74, 6) is 0. The maximum atomic E-state index is 5.10. The molecule has 1 N–H and O–H groups in total. The summed E-state index contributed by atoms with van der Waals surface area (Å²) in [6, 6.07) is 10.1. The first kappa shape index (κ1) is 9.37. The van der Waals surface area contributed by atoms with Crippen LogP contribution in [0.15, 0.2) is 36.9 Å². The van der Waals surface area contributed by atoms with Crippen LogP contribution < -0.4 is 0 Å². The molecule has 0 fully saturated rings. The molecule has 1 heterocycles. The van der Waals surface area contributed by atoms with Gasteiger partial charge in [-0.05, 0) is 23.9 Å². The molecule has 0 atom stereocenters. The minimum atomic E-state index is 0.791. The second kappa shape index (κ2) is 3.90. The number of rotatable bonds is 2. The third-order valence-electron chi connectivity index (χ3n) is 1.92. The molecule has 0 aliphatic rings. The number of benzene rings is 1. The van der Waals surface area contributed by atoms with Crippen LogP contribution in [0, 0.1) is 3.95 Å². The maximum absolute atomic E-state index is 5.10. The van der Waals surface area contributed by atoms with Gasteiger partial charge in [0, 0.05) is 0 Å². The first-order chi connectivity index (χ1) is 6.81. The van der Waals surface area contributed by atoms with Crippen LogP contribution >= 0.6 is 23.6 Å². The van der Waals surface area contributed by atoms with Crippen LogP contribution in [0.2, 0.25) is 0 Å². The second-order valence-corrected chi connectivity index (χ2v) is 4.54. The lowest BCUT2D eigenvalue weighted by atomic mass is 10.1. The first-order valence-corrected chi connectivity index (χ1v) is 5.44. The number of H-pyrrole nitrogens is 1. The van der Waals surface area contributed by atoms with Crippen molar-refractivity contribution in [3.8, 4) is 11.3 Å². The molecule has 0 bridgehead atoms. The summed E-state index contributed by atoms with van der Waals surface area (Å²) < 4.78 is 0.791. The summed E-state index contributed by atoms with van der Waals surface area (Å²) >= 11 is 6.65. The highest BCUT2D eigenvalue weighted by molar-refractivity contribution is 7.73. The van der Waals surface area contributed by atoms with Gasteiger partial charge in [0.2, 0.25) is 0 Å². The molecule has 0 amide bonds. The Labute approximate surface area is 91.7 Å². The van der Waals surface area contributed by atoms with Gasteiger partial charge in [-0.25, -0.2) is 0 Å². The summed E-state index contributed by atoms with van der Waals surface area (Å²) in [7, 11) is 0. The number of nitrogens with one attached hydrogen (secondary N) is 1. The van der Waals surface area contributed by atoms with Gasteiger partial charge in [-0.15, -0.1) is 11.3 Å². The molecule has 0 saturated carbocycles. The minimum absolute atomic E-state index is 0.791. The van der Waals surface area contributed by atoms with Gasteiger partial charge < -0.3 is 4.98 Å². The van der Waals surface area contributed by atoms with Crippen molar-refractivity contribution in [3.05, 3.63) is 45.7 Å². The molecule has 3 heteroatoms. The standard InChI is InChI=1S/C11H9NS2/c1-2-9-10(12-11(13)14-9)8-6-4-3-5-7-8/h2-7H,1H2,(H,12,13). The number of hydrogen-bond acceptors (Lipinski definition) is 2. The van der Waals surface area contributed by atoms with Crippen LogP contribution in [-0.2, 0) is 0 Å². The molecule has 1 aromatic heterocycles. The van der Waals surface area contributed by atoms with Gasteiger partial charge in [0.25, 0.3) is 0 Å². The molecule has 14 heavy (non-hydrogen) atoms. The third kappa shape index (κ3) is 1.69. The molecule has 1 nitrogen and oxygen atoms in total. The van der Waals surface area contributed by atoms with Gasteiger partial charge in [0.15, 0.2) is 3.95 Å². The summed E-state index contributed by atoms with van der Waals surface area (Å²) in [5, 5.41) is 0. The topological polar surface area (TPSA) is 15.8 Å². The highest BCUT2D eigenvalue weighted by Crippen LogP contribution is 2.26. The SMILES string of the molecule is C=Cc1sc(=S)[nH]c1-c1ccccc1. The van der Waals surface area contributed by atoms with E-state index in [1.165, 1.54) is 0 Å². The van der Waals surface area contributed by atoms with E-state index in [9.17, 15) is 0 Å². The first-order valence-electron chi connectivity index (χ1n) is 4.22. The van der Waals surface area contributed by atoms with E-state index in [1.54, 1.807) is 11.3 Å². The predicted molar refractivity (Wildman–Crippen MR) is 65.0 cm³/mol. The molecular weight excluding hydrogens is 210 g/mol. The lowest BCUT2D eigenvalue weighted by molar-refractivity contribution is 1.38. The highest BCUT2D eigenvalue weighted by Gasteiger charge is 2.04. The van der Waals surface area contributed by atoms with Crippen LogP contribution in [0.25, 0.3) is 17.3 Å². The number of aromatic nitrogens is 1.